The summed E-state index contributed by atoms with van der Waals surface area (Å²) < 4.78 is 7.48. The van der Waals surface area contributed by atoms with Gasteiger partial charge in [0.05, 0.1) is 11.3 Å². The molecule has 0 amide bonds. The highest BCUT2D eigenvalue weighted by molar-refractivity contribution is 6.41. The lowest BCUT2D eigenvalue weighted by atomic mass is 10.1. The SMILES string of the molecule is Cc1ccc(-c2nn(-c3ccccc3)cc2C=C2C(=O)c3ccccc3C2=O)o1. The van der Waals surface area contributed by atoms with E-state index in [0.29, 0.717) is 28.1 Å². The first-order valence-electron chi connectivity index (χ1n) is 9.24. The smallest absolute Gasteiger partial charge is 0.197 e. The van der Waals surface area contributed by atoms with Gasteiger partial charge in [-0.2, -0.15) is 5.10 Å². The summed E-state index contributed by atoms with van der Waals surface area (Å²) in [5.41, 5.74) is 3.11. The minimum absolute atomic E-state index is 0.142. The maximum atomic E-state index is 12.8. The van der Waals surface area contributed by atoms with Crippen LogP contribution in [0, 0.1) is 6.92 Å². The van der Waals surface area contributed by atoms with E-state index in [-0.39, 0.29) is 17.1 Å². The van der Waals surface area contributed by atoms with Gasteiger partial charge in [0.25, 0.3) is 0 Å². The molecule has 1 aliphatic carbocycles. The van der Waals surface area contributed by atoms with E-state index in [0.717, 1.165) is 11.4 Å². The lowest BCUT2D eigenvalue weighted by Gasteiger charge is -1.98. The Balaban J connectivity index is 1.67. The van der Waals surface area contributed by atoms with Gasteiger partial charge in [0.1, 0.15) is 11.5 Å². The molecule has 4 aromatic rings. The number of aromatic nitrogens is 2. The van der Waals surface area contributed by atoms with Gasteiger partial charge in [-0.15, -0.1) is 0 Å². The lowest BCUT2D eigenvalue weighted by molar-refractivity contribution is 0.0990. The van der Waals surface area contributed by atoms with Crippen LogP contribution in [-0.2, 0) is 0 Å². The molecule has 5 heteroatoms. The van der Waals surface area contributed by atoms with Crippen molar-refractivity contribution < 1.29 is 14.0 Å². The van der Waals surface area contributed by atoms with Crippen molar-refractivity contribution in [1.29, 1.82) is 0 Å². The van der Waals surface area contributed by atoms with Gasteiger partial charge in [0, 0.05) is 22.9 Å². The number of nitrogens with zero attached hydrogens (tertiary/aromatic N) is 2. The van der Waals surface area contributed by atoms with E-state index < -0.39 is 0 Å². The highest BCUT2D eigenvalue weighted by Crippen LogP contribution is 2.31. The van der Waals surface area contributed by atoms with Crippen LogP contribution in [-0.4, -0.2) is 21.3 Å². The van der Waals surface area contributed by atoms with Crippen molar-refractivity contribution >= 4 is 17.6 Å². The number of hydrogen-bond donors (Lipinski definition) is 0. The maximum absolute atomic E-state index is 12.8. The van der Waals surface area contributed by atoms with E-state index in [2.05, 4.69) is 5.10 Å². The van der Waals surface area contributed by atoms with Crippen molar-refractivity contribution in [2.45, 2.75) is 6.92 Å². The summed E-state index contributed by atoms with van der Waals surface area (Å²) in [7, 11) is 0. The number of furan rings is 1. The molecule has 0 N–H and O–H groups in total. The fourth-order valence-corrected chi connectivity index (χ4v) is 3.52. The number of para-hydroxylation sites is 1. The Morgan fingerprint density at radius 3 is 2.14 bits per heavy atom. The summed E-state index contributed by atoms with van der Waals surface area (Å²) in [6.07, 6.45) is 3.42. The standard InChI is InChI=1S/C24H16N2O3/c1-15-11-12-21(29-15)22-16(14-26(25-22)17-7-3-2-4-8-17)13-20-23(27)18-9-5-6-10-19(18)24(20)28/h2-14H,1H3. The quantitative estimate of drug-likeness (QED) is 0.374. The number of allylic oxidation sites excluding steroid dienone is 1. The van der Waals surface area contributed by atoms with E-state index in [9.17, 15) is 9.59 Å². The molecule has 140 valence electrons. The van der Waals surface area contributed by atoms with Gasteiger partial charge in [0.2, 0.25) is 0 Å². The normalized spacial score (nSPS) is 13.1. The molecule has 0 spiro atoms. The molecule has 2 aromatic heterocycles. The third-order valence-electron chi connectivity index (χ3n) is 4.94. The molecule has 29 heavy (non-hydrogen) atoms. The molecule has 0 bridgehead atoms. The summed E-state index contributed by atoms with van der Waals surface area (Å²) in [4.78, 5) is 25.6. The maximum Gasteiger partial charge on any atom is 0.197 e. The first kappa shape index (κ1) is 17.1. The molecule has 0 radical (unpaired) electrons. The minimum Gasteiger partial charge on any atom is -0.460 e. The van der Waals surface area contributed by atoms with Crippen molar-refractivity contribution in [3.8, 4) is 17.1 Å². The number of Topliss-reactive ketones (excluding diaryl/α,β-unsaturated/α-hetero) is 2. The molecule has 0 saturated heterocycles. The molecular weight excluding hydrogens is 364 g/mol. The van der Waals surface area contributed by atoms with Crippen LogP contribution >= 0.6 is 0 Å². The van der Waals surface area contributed by atoms with Crippen LogP contribution in [0.3, 0.4) is 0 Å². The molecule has 5 nitrogen and oxygen atoms in total. The average Bonchev–Trinajstić information content (AvgIpc) is 3.43. The van der Waals surface area contributed by atoms with Gasteiger partial charge >= 0.3 is 0 Å². The summed E-state index contributed by atoms with van der Waals surface area (Å²) in [6, 6.07) is 20.2. The first-order chi connectivity index (χ1) is 14.1. The van der Waals surface area contributed by atoms with Gasteiger partial charge in [0.15, 0.2) is 17.3 Å². The van der Waals surface area contributed by atoms with Gasteiger partial charge in [-0.3, -0.25) is 9.59 Å². The van der Waals surface area contributed by atoms with Crippen molar-refractivity contribution in [2.75, 3.05) is 0 Å². The second-order valence-electron chi connectivity index (χ2n) is 6.89. The monoisotopic (exact) mass is 380 g/mol. The van der Waals surface area contributed by atoms with E-state index >= 15 is 0 Å². The minimum atomic E-state index is -0.264. The van der Waals surface area contributed by atoms with Crippen molar-refractivity contribution in [1.82, 2.24) is 9.78 Å². The second kappa shape index (κ2) is 6.56. The van der Waals surface area contributed by atoms with Crippen molar-refractivity contribution in [3.63, 3.8) is 0 Å². The third-order valence-corrected chi connectivity index (χ3v) is 4.94. The largest absolute Gasteiger partial charge is 0.460 e. The van der Waals surface area contributed by atoms with E-state index in [4.69, 9.17) is 4.42 Å². The van der Waals surface area contributed by atoms with Crippen LogP contribution in [0.4, 0.5) is 0 Å². The van der Waals surface area contributed by atoms with Crippen LogP contribution in [0.25, 0.3) is 23.2 Å². The Hall–Kier alpha value is -3.99. The van der Waals surface area contributed by atoms with Gasteiger partial charge in [-0.25, -0.2) is 4.68 Å². The van der Waals surface area contributed by atoms with Crippen LogP contribution in [0.1, 0.15) is 32.0 Å². The zero-order valence-corrected chi connectivity index (χ0v) is 15.6. The van der Waals surface area contributed by atoms with Crippen LogP contribution in [0.5, 0.6) is 0 Å². The molecule has 2 aromatic carbocycles. The zero-order valence-electron chi connectivity index (χ0n) is 15.6. The summed E-state index contributed by atoms with van der Waals surface area (Å²) >= 11 is 0. The van der Waals surface area contributed by atoms with Crippen molar-refractivity contribution in [2.24, 2.45) is 0 Å². The number of ketones is 2. The fourth-order valence-electron chi connectivity index (χ4n) is 3.52. The third kappa shape index (κ3) is 2.84. The second-order valence-corrected chi connectivity index (χ2v) is 6.89. The Kier molecular flexibility index (Phi) is 3.88. The van der Waals surface area contributed by atoms with E-state index in [1.54, 1.807) is 41.2 Å². The number of carbonyl (C=O) groups is 2. The van der Waals surface area contributed by atoms with E-state index in [1.165, 1.54) is 0 Å². The first-order valence-corrected chi connectivity index (χ1v) is 9.24. The predicted molar refractivity (Wildman–Crippen MR) is 109 cm³/mol. The molecule has 0 unspecified atom stereocenters. The van der Waals surface area contributed by atoms with Gasteiger partial charge in [-0.1, -0.05) is 42.5 Å². The molecule has 2 heterocycles. The number of rotatable bonds is 3. The highest BCUT2D eigenvalue weighted by atomic mass is 16.3. The summed E-state index contributed by atoms with van der Waals surface area (Å²) in [5.74, 6) is 0.812. The van der Waals surface area contributed by atoms with Crippen LogP contribution in [0.15, 0.2) is 82.9 Å². The average molecular weight is 380 g/mol. The molecule has 5 rings (SSSR count). The van der Waals surface area contributed by atoms with Crippen LogP contribution < -0.4 is 0 Å². The van der Waals surface area contributed by atoms with Gasteiger partial charge < -0.3 is 4.42 Å². The molecular formula is C24H16N2O3. The Bertz CT molecular complexity index is 1260. The Morgan fingerprint density at radius 1 is 0.862 bits per heavy atom. The Morgan fingerprint density at radius 2 is 1.52 bits per heavy atom. The van der Waals surface area contributed by atoms with Gasteiger partial charge in [-0.05, 0) is 37.3 Å². The fraction of sp³-hybridized carbons (Fsp3) is 0.0417. The van der Waals surface area contributed by atoms with Crippen LogP contribution in [0.2, 0.25) is 0 Å². The Labute approximate surface area is 166 Å². The number of hydrogen-bond acceptors (Lipinski definition) is 4. The molecule has 1 aliphatic rings. The number of fused-ring (bicyclic) bond motifs is 1. The zero-order chi connectivity index (χ0) is 20.0. The topological polar surface area (TPSA) is 65.1 Å². The highest BCUT2D eigenvalue weighted by Gasteiger charge is 2.33. The lowest BCUT2D eigenvalue weighted by Crippen LogP contribution is -2.00. The molecule has 0 saturated carbocycles. The number of carbonyl (C=O) groups excluding carboxylic acids is 2. The number of aryl methyl sites for hydroxylation is 1. The summed E-state index contributed by atoms with van der Waals surface area (Å²) in [6.45, 7) is 1.86. The van der Waals surface area contributed by atoms with Crippen molar-refractivity contribution in [3.05, 3.63) is 101 Å². The summed E-state index contributed by atoms with van der Waals surface area (Å²) in [5, 5.41) is 4.66. The molecule has 0 fully saturated rings. The predicted octanol–water partition coefficient (Wildman–Crippen LogP) is 4.90. The molecule has 0 atom stereocenters. The number of benzene rings is 2. The molecule has 0 aliphatic heterocycles. The van der Waals surface area contributed by atoms with E-state index in [1.807, 2.05) is 49.4 Å².